The van der Waals surface area contributed by atoms with Gasteiger partial charge in [0.1, 0.15) is 11.6 Å². The highest BCUT2D eigenvalue weighted by molar-refractivity contribution is 5.90. The Morgan fingerprint density at radius 1 is 1.38 bits per heavy atom. The molecule has 1 aromatic heterocycles. The maximum Gasteiger partial charge on any atom is 0.293 e. The van der Waals surface area contributed by atoms with E-state index in [1.165, 1.54) is 4.90 Å². The molecule has 0 spiro atoms. The summed E-state index contributed by atoms with van der Waals surface area (Å²) in [7, 11) is 1.68. The average molecular weight is 288 g/mol. The molecule has 0 saturated heterocycles. The zero-order valence-corrected chi connectivity index (χ0v) is 12.7. The predicted octanol–water partition coefficient (Wildman–Crippen LogP) is 2.08. The van der Waals surface area contributed by atoms with E-state index in [4.69, 9.17) is 0 Å². The van der Waals surface area contributed by atoms with E-state index in [-0.39, 0.29) is 22.9 Å². The number of H-pyrrole nitrogens is 1. The number of hydrogen-bond donors (Lipinski definition) is 2. The van der Waals surface area contributed by atoms with Crippen LogP contribution in [-0.2, 0) is 12.0 Å². The Balaban J connectivity index is 2.11. The fourth-order valence-electron chi connectivity index (χ4n) is 1.86. The molecule has 0 radical (unpaired) electrons. The molecule has 0 aliphatic carbocycles. The highest BCUT2D eigenvalue weighted by Gasteiger charge is 2.23. The number of benzene rings is 1. The Labute approximate surface area is 123 Å². The Hall–Kier alpha value is -2.37. The standard InChI is InChI=1S/C15H20N4O2/c1-15(2,3)14-16-12(17-18-14)13(21)19(4)9-10-6-5-7-11(20)8-10/h5-8,20H,9H2,1-4H3,(H,16,17,18). The number of rotatable bonds is 3. The largest absolute Gasteiger partial charge is 0.508 e. The van der Waals surface area contributed by atoms with E-state index in [0.717, 1.165) is 5.56 Å². The SMILES string of the molecule is CN(Cc1cccc(O)c1)C(=O)c1n[nH]c(C(C)(C)C)n1. The van der Waals surface area contributed by atoms with Crippen molar-refractivity contribution in [2.75, 3.05) is 7.05 Å². The van der Waals surface area contributed by atoms with E-state index in [2.05, 4.69) is 15.2 Å². The molecule has 2 rings (SSSR count). The molecule has 1 heterocycles. The molecule has 1 amide bonds. The van der Waals surface area contributed by atoms with E-state index in [0.29, 0.717) is 12.4 Å². The second kappa shape index (κ2) is 5.55. The van der Waals surface area contributed by atoms with Crippen molar-refractivity contribution in [1.29, 1.82) is 0 Å². The second-order valence-electron chi connectivity index (χ2n) is 6.09. The number of carbonyl (C=O) groups is 1. The minimum absolute atomic E-state index is 0.155. The van der Waals surface area contributed by atoms with Crippen molar-refractivity contribution in [2.45, 2.75) is 32.7 Å². The molecule has 6 heteroatoms. The normalized spacial score (nSPS) is 11.4. The van der Waals surface area contributed by atoms with Gasteiger partial charge >= 0.3 is 0 Å². The number of amides is 1. The highest BCUT2D eigenvalue weighted by Crippen LogP contribution is 2.18. The van der Waals surface area contributed by atoms with Crippen molar-refractivity contribution in [3.63, 3.8) is 0 Å². The second-order valence-corrected chi connectivity index (χ2v) is 6.09. The molecule has 6 nitrogen and oxygen atoms in total. The Morgan fingerprint density at radius 2 is 2.10 bits per heavy atom. The minimum Gasteiger partial charge on any atom is -0.508 e. The third-order valence-corrected chi connectivity index (χ3v) is 3.06. The van der Waals surface area contributed by atoms with E-state index < -0.39 is 0 Å². The molecule has 0 bridgehead atoms. The number of aromatic hydroxyl groups is 1. The smallest absolute Gasteiger partial charge is 0.293 e. The quantitative estimate of drug-likeness (QED) is 0.906. The highest BCUT2D eigenvalue weighted by atomic mass is 16.3. The maximum absolute atomic E-state index is 12.3. The summed E-state index contributed by atoms with van der Waals surface area (Å²) in [6.45, 7) is 6.38. The zero-order chi connectivity index (χ0) is 15.6. The first-order valence-corrected chi connectivity index (χ1v) is 6.73. The van der Waals surface area contributed by atoms with Crippen molar-refractivity contribution in [3.05, 3.63) is 41.5 Å². The van der Waals surface area contributed by atoms with Gasteiger partial charge in [0, 0.05) is 19.0 Å². The van der Waals surface area contributed by atoms with Gasteiger partial charge in [-0.3, -0.25) is 9.89 Å². The van der Waals surface area contributed by atoms with Gasteiger partial charge in [-0.2, -0.15) is 0 Å². The lowest BCUT2D eigenvalue weighted by Gasteiger charge is -2.16. The van der Waals surface area contributed by atoms with Crippen LogP contribution in [0.15, 0.2) is 24.3 Å². The van der Waals surface area contributed by atoms with Crippen LogP contribution in [-0.4, -0.2) is 38.1 Å². The van der Waals surface area contributed by atoms with Gasteiger partial charge in [0.25, 0.3) is 5.91 Å². The van der Waals surface area contributed by atoms with Gasteiger partial charge in [-0.15, -0.1) is 5.10 Å². The third kappa shape index (κ3) is 3.59. The number of phenolic OH excluding ortho intramolecular Hbond substituents is 1. The van der Waals surface area contributed by atoms with Crippen LogP contribution in [0, 0.1) is 0 Å². The first-order chi connectivity index (χ1) is 9.77. The third-order valence-electron chi connectivity index (χ3n) is 3.06. The topological polar surface area (TPSA) is 82.1 Å². The van der Waals surface area contributed by atoms with Gasteiger partial charge in [-0.05, 0) is 17.7 Å². The zero-order valence-electron chi connectivity index (χ0n) is 12.7. The summed E-state index contributed by atoms with van der Waals surface area (Å²) in [6.07, 6.45) is 0. The average Bonchev–Trinajstić information content (AvgIpc) is 2.87. The van der Waals surface area contributed by atoms with Gasteiger partial charge < -0.3 is 10.0 Å². The number of nitrogens with one attached hydrogen (secondary N) is 1. The van der Waals surface area contributed by atoms with Gasteiger partial charge in [-0.1, -0.05) is 32.9 Å². The van der Waals surface area contributed by atoms with Crippen LogP contribution >= 0.6 is 0 Å². The molecular formula is C15H20N4O2. The fraction of sp³-hybridized carbons (Fsp3) is 0.400. The van der Waals surface area contributed by atoms with Gasteiger partial charge in [0.15, 0.2) is 0 Å². The summed E-state index contributed by atoms with van der Waals surface area (Å²) in [5.74, 6) is 0.755. The lowest BCUT2D eigenvalue weighted by atomic mass is 9.96. The first kappa shape index (κ1) is 15.0. The van der Waals surface area contributed by atoms with Gasteiger partial charge in [0.05, 0.1) is 0 Å². The molecule has 2 N–H and O–H groups in total. The molecule has 0 aliphatic rings. The number of carbonyl (C=O) groups excluding carboxylic acids is 1. The summed E-state index contributed by atoms with van der Waals surface area (Å²) < 4.78 is 0. The molecular weight excluding hydrogens is 268 g/mol. The maximum atomic E-state index is 12.3. The monoisotopic (exact) mass is 288 g/mol. The molecule has 0 aliphatic heterocycles. The lowest BCUT2D eigenvalue weighted by molar-refractivity contribution is 0.0773. The number of hydrogen-bond acceptors (Lipinski definition) is 4. The van der Waals surface area contributed by atoms with Gasteiger partial charge in [0.2, 0.25) is 5.82 Å². The first-order valence-electron chi connectivity index (χ1n) is 6.73. The van der Waals surface area contributed by atoms with Crippen LogP contribution in [0.5, 0.6) is 5.75 Å². The van der Waals surface area contributed by atoms with Crippen LogP contribution in [0.3, 0.4) is 0 Å². The summed E-state index contributed by atoms with van der Waals surface area (Å²) in [5.41, 5.74) is 0.660. The molecule has 0 atom stereocenters. The van der Waals surface area contributed by atoms with Gasteiger partial charge in [-0.25, -0.2) is 4.98 Å². The number of nitrogens with zero attached hydrogens (tertiary/aromatic N) is 3. The summed E-state index contributed by atoms with van der Waals surface area (Å²) in [4.78, 5) is 18.1. The fourth-order valence-corrected chi connectivity index (χ4v) is 1.86. The Bertz CT molecular complexity index is 643. The van der Waals surface area contributed by atoms with E-state index in [1.54, 1.807) is 25.2 Å². The van der Waals surface area contributed by atoms with E-state index >= 15 is 0 Å². The number of aromatic nitrogens is 3. The summed E-state index contributed by atoms with van der Waals surface area (Å²) >= 11 is 0. The molecule has 0 fully saturated rings. The van der Waals surface area contributed by atoms with Crippen LogP contribution in [0.2, 0.25) is 0 Å². The lowest BCUT2D eigenvalue weighted by Crippen LogP contribution is -2.27. The molecule has 0 saturated carbocycles. The molecule has 0 unspecified atom stereocenters. The van der Waals surface area contributed by atoms with Crippen molar-refractivity contribution >= 4 is 5.91 Å². The van der Waals surface area contributed by atoms with Crippen LogP contribution in [0.25, 0.3) is 0 Å². The van der Waals surface area contributed by atoms with Crippen molar-refractivity contribution in [3.8, 4) is 5.75 Å². The van der Waals surface area contributed by atoms with Crippen molar-refractivity contribution < 1.29 is 9.90 Å². The van der Waals surface area contributed by atoms with Crippen LogP contribution in [0.1, 0.15) is 42.8 Å². The summed E-state index contributed by atoms with van der Waals surface area (Å²) in [6, 6.07) is 6.81. The minimum atomic E-state index is -0.259. The molecule has 2 aromatic rings. The van der Waals surface area contributed by atoms with Crippen LogP contribution in [0.4, 0.5) is 0 Å². The Kier molecular flexibility index (Phi) is 3.97. The van der Waals surface area contributed by atoms with E-state index in [1.807, 2.05) is 26.8 Å². The van der Waals surface area contributed by atoms with Crippen molar-refractivity contribution in [1.82, 2.24) is 20.1 Å². The van der Waals surface area contributed by atoms with E-state index in [9.17, 15) is 9.90 Å². The number of phenols is 1. The van der Waals surface area contributed by atoms with Crippen molar-refractivity contribution in [2.24, 2.45) is 0 Å². The molecule has 21 heavy (non-hydrogen) atoms. The number of aromatic amines is 1. The molecule has 1 aromatic carbocycles. The predicted molar refractivity (Wildman–Crippen MR) is 79.0 cm³/mol. The van der Waals surface area contributed by atoms with Crippen LogP contribution < -0.4 is 0 Å². The Morgan fingerprint density at radius 3 is 2.67 bits per heavy atom. The summed E-state index contributed by atoms with van der Waals surface area (Å²) in [5, 5.41) is 16.2. The molecule has 112 valence electrons.